The Bertz CT molecular complexity index is 1300. The molecule has 7 nitrogen and oxygen atoms in total. The number of nitrogens with zero attached hydrogens (tertiary/aromatic N) is 4. The molecule has 4 rings (SSSR count). The Morgan fingerprint density at radius 2 is 1.94 bits per heavy atom. The molecule has 0 aliphatic carbocycles. The topological polar surface area (TPSA) is 91.4 Å². The molecule has 1 aromatic heterocycles. The van der Waals surface area contributed by atoms with Crippen molar-refractivity contribution in [3.63, 3.8) is 0 Å². The van der Waals surface area contributed by atoms with Gasteiger partial charge in [0.15, 0.2) is 11.5 Å². The Balaban J connectivity index is 1.72. The molecule has 3 aromatic rings. The highest BCUT2D eigenvalue weighted by atomic mass is 19.1. The molecule has 2 aromatic carbocycles. The summed E-state index contributed by atoms with van der Waals surface area (Å²) in [6, 6.07) is 14.9. The summed E-state index contributed by atoms with van der Waals surface area (Å²) in [4.78, 5) is 31.2. The summed E-state index contributed by atoms with van der Waals surface area (Å²) < 4.78 is 16.4. The fourth-order valence-electron chi connectivity index (χ4n) is 3.75. The smallest absolute Gasteiger partial charge is 0.232 e. The molecule has 1 saturated heterocycles. The van der Waals surface area contributed by atoms with Gasteiger partial charge in [0.05, 0.1) is 11.4 Å². The monoisotopic (exact) mass is 445 g/mol. The Hall–Kier alpha value is -3.94. The SMILES string of the molecule is CC1(C)CCN(c2ccc(-n3ccc(=O)c(C(CC=N)=Nc4ccccc4)n3)c(F)c2)C1=O. The van der Waals surface area contributed by atoms with Crippen molar-refractivity contribution in [2.45, 2.75) is 26.7 Å². The predicted molar refractivity (Wildman–Crippen MR) is 127 cm³/mol. The van der Waals surface area contributed by atoms with Gasteiger partial charge in [-0.05, 0) is 36.8 Å². The molecule has 1 aliphatic heterocycles. The largest absolute Gasteiger partial charge is 0.313 e. The number of hydrogen-bond acceptors (Lipinski definition) is 5. The quantitative estimate of drug-likeness (QED) is 0.574. The lowest BCUT2D eigenvalue weighted by molar-refractivity contribution is -0.123. The van der Waals surface area contributed by atoms with Crippen LogP contribution in [-0.4, -0.2) is 34.2 Å². The van der Waals surface area contributed by atoms with E-state index in [1.54, 1.807) is 23.1 Å². The van der Waals surface area contributed by atoms with Crippen LogP contribution in [0.2, 0.25) is 0 Å². The molecular weight excluding hydrogens is 421 g/mol. The number of halogens is 1. The Kier molecular flexibility index (Phi) is 6.00. The van der Waals surface area contributed by atoms with E-state index in [1.807, 2.05) is 32.0 Å². The highest BCUT2D eigenvalue weighted by Crippen LogP contribution is 2.34. The van der Waals surface area contributed by atoms with Crippen molar-refractivity contribution in [1.29, 1.82) is 5.41 Å². The van der Waals surface area contributed by atoms with E-state index in [-0.39, 0.29) is 29.1 Å². The number of aliphatic imine (C=N–C) groups is 1. The number of para-hydroxylation sites is 1. The number of hydrogen-bond donors (Lipinski definition) is 1. The lowest BCUT2D eigenvalue weighted by Crippen LogP contribution is -2.30. The number of anilines is 1. The second-order valence-corrected chi connectivity index (χ2v) is 8.50. The minimum Gasteiger partial charge on any atom is -0.313 e. The normalized spacial score (nSPS) is 15.7. The fourth-order valence-corrected chi connectivity index (χ4v) is 3.75. The minimum absolute atomic E-state index is 0.0353. The number of benzene rings is 2. The molecule has 1 amide bonds. The Labute approximate surface area is 190 Å². The van der Waals surface area contributed by atoms with Crippen LogP contribution in [0.5, 0.6) is 0 Å². The number of amides is 1. The van der Waals surface area contributed by atoms with Gasteiger partial charge in [-0.15, -0.1) is 0 Å². The average molecular weight is 445 g/mol. The molecule has 0 saturated carbocycles. The molecule has 8 heteroatoms. The van der Waals surface area contributed by atoms with Crippen LogP contribution in [0.3, 0.4) is 0 Å². The number of carbonyl (C=O) groups is 1. The van der Waals surface area contributed by atoms with Gasteiger partial charge in [-0.25, -0.2) is 9.07 Å². The first-order valence-electron chi connectivity index (χ1n) is 10.6. The molecule has 1 fully saturated rings. The average Bonchev–Trinajstić information content (AvgIpc) is 3.07. The molecule has 0 radical (unpaired) electrons. The van der Waals surface area contributed by atoms with Crippen molar-refractivity contribution >= 4 is 29.2 Å². The third-order valence-corrected chi connectivity index (χ3v) is 5.67. The summed E-state index contributed by atoms with van der Waals surface area (Å²) in [5, 5.41) is 11.8. The van der Waals surface area contributed by atoms with E-state index in [9.17, 15) is 9.59 Å². The standard InChI is InChI=1S/C25H24FN5O2/c1-25(2)12-15-30(24(25)33)18-8-9-21(19(26)16-18)31-14-11-22(32)23(29-31)20(10-13-27)28-17-6-4-3-5-7-17/h3-9,11,13-14,16,27H,10,12,15H2,1-2H3. The van der Waals surface area contributed by atoms with Crippen LogP contribution in [0.15, 0.2) is 70.6 Å². The number of nitrogens with one attached hydrogen (secondary N) is 1. The molecular formula is C25H24FN5O2. The summed E-state index contributed by atoms with van der Waals surface area (Å²) in [5.74, 6) is -0.604. The molecule has 0 unspecified atom stereocenters. The maximum absolute atomic E-state index is 15.1. The minimum atomic E-state index is -0.569. The van der Waals surface area contributed by atoms with Gasteiger partial charge in [0.2, 0.25) is 11.3 Å². The summed E-state index contributed by atoms with van der Waals surface area (Å²) in [5.41, 5.74) is 0.780. The van der Waals surface area contributed by atoms with Crippen molar-refractivity contribution in [2.75, 3.05) is 11.4 Å². The van der Waals surface area contributed by atoms with Crippen molar-refractivity contribution in [1.82, 2.24) is 9.78 Å². The summed E-state index contributed by atoms with van der Waals surface area (Å²) >= 11 is 0. The van der Waals surface area contributed by atoms with Gasteiger partial charge < -0.3 is 10.3 Å². The second-order valence-electron chi connectivity index (χ2n) is 8.50. The first-order valence-corrected chi connectivity index (χ1v) is 10.6. The molecule has 0 atom stereocenters. The predicted octanol–water partition coefficient (Wildman–Crippen LogP) is 4.29. The first-order chi connectivity index (χ1) is 15.8. The van der Waals surface area contributed by atoms with Crippen molar-refractivity contribution < 1.29 is 9.18 Å². The molecule has 33 heavy (non-hydrogen) atoms. The van der Waals surface area contributed by atoms with Crippen LogP contribution in [-0.2, 0) is 4.79 Å². The lowest BCUT2D eigenvalue weighted by atomic mass is 9.92. The fraction of sp³-hybridized carbons (Fsp3) is 0.240. The maximum atomic E-state index is 15.1. The van der Waals surface area contributed by atoms with E-state index in [0.29, 0.717) is 30.1 Å². The molecule has 1 aliphatic rings. The highest BCUT2D eigenvalue weighted by molar-refractivity contribution is 6.06. The van der Waals surface area contributed by atoms with Crippen LogP contribution in [0.4, 0.5) is 15.8 Å². The van der Waals surface area contributed by atoms with E-state index in [4.69, 9.17) is 5.41 Å². The third kappa shape index (κ3) is 4.50. The summed E-state index contributed by atoms with van der Waals surface area (Å²) in [6.45, 7) is 4.30. The summed E-state index contributed by atoms with van der Waals surface area (Å²) in [7, 11) is 0. The maximum Gasteiger partial charge on any atom is 0.232 e. The van der Waals surface area contributed by atoms with Gasteiger partial charge in [0.25, 0.3) is 0 Å². The van der Waals surface area contributed by atoms with Crippen molar-refractivity contribution in [3.8, 4) is 5.69 Å². The van der Waals surface area contributed by atoms with Gasteiger partial charge >= 0.3 is 0 Å². The van der Waals surface area contributed by atoms with Gasteiger partial charge in [0, 0.05) is 42.5 Å². The van der Waals surface area contributed by atoms with Crippen LogP contribution in [0.1, 0.15) is 32.4 Å². The van der Waals surface area contributed by atoms with Crippen LogP contribution in [0.25, 0.3) is 5.69 Å². The van der Waals surface area contributed by atoms with Crippen LogP contribution >= 0.6 is 0 Å². The Morgan fingerprint density at radius 3 is 2.58 bits per heavy atom. The third-order valence-electron chi connectivity index (χ3n) is 5.67. The zero-order valence-corrected chi connectivity index (χ0v) is 18.5. The van der Waals surface area contributed by atoms with Gasteiger partial charge in [-0.1, -0.05) is 32.0 Å². The number of rotatable bonds is 6. The van der Waals surface area contributed by atoms with Crippen LogP contribution < -0.4 is 10.3 Å². The number of aromatic nitrogens is 2. The van der Waals surface area contributed by atoms with Crippen LogP contribution in [0, 0.1) is 16.6 Å². The van der Waals surface area contributed by atoms with E-state index in [2.05, 4.69) is 10.1 Å². The molecule has 1 N–H and O–H groups in total. The van der Waals surface area contributed by atoms with E-state index >= 15 is 4.39 Å². The molecule has 2 heterocycles. The molecule has 0 bridgehead atoms. The molecule has 0 spiro atoms. The van der Waals surface area contributed by atoms with Crippen molar-refractivity contribution in [3.05, 3.63) is 82.5 Å². The zero-order valence-electron chi connectivity index (χ0n) is 18.5. The van der Waals surface area contributed by atoms with Gasteiger partial charge in [-0.2, -0.15) is 5.10 Å². The van der Waals surface area contributed by atoms with E-state index in [0.717, 1.165) is 6.21 Å². The highest BCUT2D eigenvalue weighted by Gasteiger charge is 2.39. The summed E-state index contributed by atoms with van der Waals surface area (Å²) in [6.07, 6.45) is 3.34. The zero-order chi connectivity index (χ0) is 23.6. The molecule has 168 valence electrons. The van der Waals surface area contributed by atoms with E-state index < -0.39 is 11.2 Å². The van der Waals surface area contributed by atoms with Gasteiger partial charge in [-0.3, -0.25) is 14.6 Å². The second kappa shape index (κ2) is 8.90. The number of carbonyl (C=O) groups excluding carboxylic acids is 1. The van der Waals surface area contributed by atoms with Crippen molar-refractivity contribution in [2.24, 2.45) is 10.4 Å². The Morgan fingerprint density at radius 1 is 1.18 bits per heavy atom. The lowest BCUT2D eigenvalue weighted by Gasteiger charge is -2.20. The first kappa shape index (κ1) is 22.3. The van der Waals surface area contributed by atoms with Gasteiger partial charge in [0.1, 0.15) is 5.69 Å². The van der Waals surface area contributed by atoms with E-state index in [1.165, 1.54) is 29.1 Å².